The van der Waals surface area contributed by atoms with Gasteiger partial charge in [-0.3, -0.25) is 9.59 Å². The number of halogens is 2. The molecular weight excluding hydrogens is 640 g/mol. The molecule has 5 N–H and O–H groups in total. The van der Waals surface area contributed by atoms with Crippen molar-refractivity contribution < 1.29 is 38.5 Å². The molecule has 39 heavy (non-hydrogen) atoms. The Kier molecular flexibility index (Phi) is 9.77. The molecule has 0 saturated heterocycles. The van der Waals surface area contributed by atoms with Gasteiger partial charge in [0.2, 0.25) is 6.17 Å². The summed E-state index contributed by atoms with van der Waals surface area (Å²) in [5.41, 5.74) is 0.254. The van der Waals surface area contributed by atoms with E-state index in [9.17, 15) is 38.5 Å². The van der Waals surface area contributed by atoms with Gasteiger partial charge < -0.3 is 26.0 Å². The summed E-state index contributed by atoms with van der Waals surface area (Å²) in [4.78, 5) is 44.5. The second-order valence-electron chi connectivity index (χ2n) is 7.92. The van der Waals surface area contributed by atoms with Crippen LogP contribution in [0.4, 0.5) is 8.78 Å². The molecule has 0 fully saturated rings. The first kappa shape index (κ1) is 29.7. The van der Waals surface area contributed by atoms with Gasteiger partial charge in [0, 0.05) is 23.5 Å². The van der Waals surface area contributed by atoms with Gasteiger partial charge in [0.15, 0.2) is 11.4 Å². The Balaban J connectivity index is 0.00000420. The molecule has 0 aliphatic carbocycles. The summed E-state index contributed by atoms with van der Waals surface area (Å²) in [5, 5.41) is 34.0. The van der Waals surface area contributed by atoms with Crippen LogP contribution in [0.25, 0.3) is 22.3 Å². The maximum atomic E-state index is 13.5. The second-order valence-corrected chi connectivity index (χ2v) is 7.92. The Bertz CT molecular complexity index is 1460. The number of carboxylic acids is 1. The summed E-state index contributed by atoms with van der Waals surface area (Å²) in [7, 11) is 0. The van der Waals surface area contributed by atoms with E-state index in [0.29, 0.717) is 22.3 Å². The topological polar surface area (TPSA) is 162 Å². The minimum absolute atomic E-state index is 0. The van der Waals surface area contributed by atoms with Gasteiger partial charge in [0.25, 0.3) is 11.8 Å². The fourth-order valence-corrected chi connectivity index (χ4v) is 3.47. The first-order valence-electron chi connectivity index (χ1n) is 10.9. The van der Waals surface area contributed by atoms with Crippen molar-refractivity contribution in [2.45, 2.75) is 6.17 Å². The molecule has 0 spiro atoms. The average Bonchev–Trinajstić information content (AvgIpc) is 2.88. The van der Waals surface area contributed by atoms with Crippen LogP contribution in [-0.4, -0.2) is 98.1 Å². The van der Waals surface area contributed by atoms with Gasteiger partial charge >= 0.3 is 54.9 Å². The van der Waals surface area contributed by atoms with Crippen molar-refractivity contribution in [3.63, 3.8) is 0 Å². The fourth-order valence-electron chi connectivity index (χ4n) is 3.47. The molecule has 2 amide bonds. The number of rotatable bonds is 7. The quantitative estimate of drug-likeness (QED) is 0.149. The van der Waals surface area contributed by atoms with Gasteiger partial charge in [-0.25, -0.2) is 23.5 Å². The summed E-state index contributed by atoms with van der Waals surface area (Å²) in [6.07, 6.45) is 0.364. The summed E-state index contributed by atoms with van der Waals surface area (Å²) < 4.78 is 26.9. The number of benzene rings is 2. The van der Waals surface area contributed by atoms with Crippen LogP contribution in [-0.2, 0) is 4.79 Å². The van der Waals surface area contributed by atoms with Gasteiger partial charge in [-0.2, -0.15) is 0 Å². The molecule has 13 heteroatoms. The molecule has 0 aliphatic heterocycles. The molecule has 4 rings (SSSR count). The molecule has 0 saturated carbocycles. The van der Waals surface area contributed by atoms with Gasteiger partial charge in [-0.15, -0.1) is 0 Å². The molecule has 0 bridgehead atoms. The number of carbonyl (C=O) groups excluding carboxylic acids is 2. The summed E-state index contributed by atoms with van der Waals surface area (Å²) in [5.74, 6) is -6.22. The van der Waals surface area contributed by atoms with Crippen LogP contribution in [0.5, 0.6) is 11.5 Å². The number of nitrogens with zero attached hydrogens (tertiary/aromatic N) is 2. The van der Waals surface area contributed by atoms with Crippen LogP contribution in [0.15, 0.2) is 73.1 Å². The van der Waals surface area contributed by atoms with E-state index in [-0.39, 0.29) is 48.9 Å². The monoisotopic (exact) mass is 660 g/mol. The maximum absolute atomic E-state index is 13.5. The zero-order valence-electron chi connectivity index (χ0n) is 19.2. The predicted molar refractivity (Wildman–Crippen MR) is 137 cm³/mol. The fraction of sp³-hybridized carbons (Fsp3) is 0.0385. The van der Waals surface area contributed by atoms with Crippen LogP contribution >= 0.6 is 0 Å². The van der Waals surface area contributed by atoms with Crippen LogP contribution in [0, 0.1) is 11.6 Å². The molecule has 0 radical (unpaired) electrons. The van der Waals surface area contributed by atoms with Gasteiger partial charge in [0.1, 0.15) is 23.1 Å². The zero-order valence-corrected chi connectivity index (χ0v) is 19.2. The second kappa shape index (κ2) is 12.8. The minimum atomic E-state index is -2.00. The third-order valence-electron chi connectivity index (χ3n) is 5.28. The Hall–Kier alpha value is -3.82. The number of carbonyl (C=O) groups is 3. The molecule has 0 aliphatic rings. The number of pyridine rings is 2. The SMILES string of the molecule is O=C(NC(NC(=O)c1ncc(-c2cccc(F)c2)cc1O)C(=O)O)c1ncc(-c2cccc(F)c2)cc1O.[BaH2]. The van der Waals surface area contributed by atoms with E-state index in [1.807, 2.05) is 10.6 Å². The third-order valence-corrected chi connectivity index (χ3v) is 5.28. The molecular formula is C26H20BaF2N4O6. The molecule has 10 nitrogen and oxygen atoms in total. The predicted octanol–water partition coefficient (Wildman–Crippen LogP) is 2.15. The summed E-state index contributed by atoms with van der Waals surface area (Å²) in [6, 6.07) is 13.2. The van der Waals surface area contributed by atoms with Crippen molar-refractivity contribution in [2.24, 2.45) is 0 Å². The van der Waals surface area contributed by atoms with E-state index in [2.05, 4.69) is 9.97 Å². The van der Waals surface area contributed by atoms with Crippen molar-refractivity contribution in [1.29, 1.82) is 0 Å². The average molecular weight is 660 g/mol. The number of amides is 2. The van der Waals surface area contributed by atoms with E-state index >= 15 is 0 Å². The van der Waals surface area contributed by atoms with E-state index in [4.69, 9.17) is 0 Å². The van der Waals surface area contributed by atoms with E-state index in [1.54, 1.807) is 12.1 Å². The Morgan fingerprint density at radius 3 is 1.44 bits per heavy atom. The van der Waals surface area contributed by atoms with Crippen LogP contribution in [0.1, 0.15) is 21.0 Å². The first-order valence-corrected chi connectivity index (χ1v) is 10.9. The van der Waals surface area contributed by atoms with Crippen LogP contribution in [0.2, 0.25) is 0 Å². The number of carboxylic acid groups (broad SMARTS) is 1. The molecule has 2 aromatic heterocycles. The number of hydrogen-bond acceptors (Lipinski definition) is 7. The zero-order chi connectivity index (χ0) is 27.4. The Labute approximate surface area is 259 Å². The van der Waals surface area contributed by atoms with Crippen LogP contribution in [0.3, 0.4) is 0 Å². The molecule has 0 atom stereocenters. The molecule has 2 aromatic carbocycles. The normalized spacial score (nSPS) is 10.4. The Morgan fingerprint density at radius 2 is 1.10 bits per heavy atom. The number of aromatic hydroxyl groups is 2. The van der Waals surface area contributed by atoms with E-state index in [0.717, 1.165) is 12.1 Å². The first-order chi connectivity index (χ1) is 18.1. The van der Waals surface area contributed by atoms with Crippen molar-refractivity contribution in [3.05, 3.63) is 96.1 Å². The van der Waals surface area contributed by atoms with E-state index < -0.39 is 58.5 Å². The van der Waals surface area contributed by atoms with Gasteiger partial charge in [-0.1, -0.05) is 24.3 Å². The Morgan fingerprint density at radius 1 is 0.692 bits per heavy atom. The standard InChI is InChI=1S/C26H18F2N4O6.Ba.2H/c27-17-5-1-3-13(7-17)15-9-19(33)21(29-11-15)24(35)31-23(26(37)38)32-25(36)22-20(34)10-16(12-30-22)14-4-2-6-18(28)8-14;;;/h1-12,23,33-34H,(H,31,35)(H,32,36)(H,37,38);;;. The third kappa shape index (κ3) is 7.19. The molecule has 196 valence electrons. The summed E-state index contributed by atoms with van der Waals surface area (Å²) in [6.45, 7) is 0. The van der Waals surface area contributed by atoms with Crippen LogP contribution < -0.4 is 10.6 Å². The van der Waals surface area contributed by atoms with Gasteiger partial charge in [0.05, 0.1) is 0 Å². The van der Waals surface area contributed by atoms with Gasteiger partial charge in [-0.05, 0) is 47.5 Å². The summed E-state index contributed by atoms with van der Waals surface area (Å²) >= 11 is 0. The number of aliphatic carboxylic acids is 1. The van der Waals surface area contributed by atoms with Crippen molar-refractivity contribution in [1.82, 2.24) is 20.6 Å². The molecule has 0 unspecified atom stereocenters. The van der Waals surface area contributed by atoms with Crippen molar-refractivity contribution >= 4 is 66.7 Å². The number of hydrogen-bond donors (Lipinski definition) is 5. The van der Waals surface area contributed by atoms with Crippen molar-refractivity contribution in [2.75, 3.05) is 0 Å². The number of nitrogens with one attached hydrogen (secondary N) is 2. The van der Waals surface area contributed by atoms with E-state index in [1.165, 1.54) is 48.8 Å². The molecule has 2 heterocycles. The molecule has 4 aromatic rings. The van der Waals surface area contributed by atoms with Crippen molar-refractivity contribution in [3.8, 4) is 33.8 Å². The number of aromatic nitrogens is 2.